The van der Waals surface area contributed by atoms with E-state index in [1.165, 1.54) is 21.2 Å². The first-order valence-corrected chi connectivity index (χ1v) is 6.08. The quantitative estimate of drug-likeness (QED) is 0.774. The third-order valence-electron chi connectivity index (χ3n) is 2.93. The highest BCUT2D eigenvalue weighted by molar-refractivity contribution is 7.17. The third kappa shape index (κ3) is 1.50. The van der Waals surface area contributed by atoms with E-state index in [1.807, 2.05) is 6.08 Å². The van der Waals surface area contributed by atoms with Gasteiger partial charge in [-0.1, -0.05) is 24.3 Å². The number of hydrogen-bond acceptors (Lipinski definition) is 2. The molecule has 0 amide bonds. The minimum Gasteiger partial charge on any atom is -0.389 e. The lowest BCUT2D eigenvalue weighted by molar-refractivity contribution is 0.223. The lowest BCUT2D eigenvalue weighted by atomic mass is 10.0. The van der Waals surface area contributed by atoms with Crippen molar-refractivity contribution in [2.45, 2.75) is 18.9 Å². The van der Waals surface area contributed by atoms with Gasteiger partial charge >= 0.3 is 0 Å². The molecule has 0 spiro atoms. The highest BCUT2D eigenvalue weighted by Gasteiger charge is 2.16. The highest BCUT2D eigenvalue weighted by Crippen LogP contribution is 2.35. The van der Waals surface area contributed by atoms with Crippen LogP contribution in [-0.4, -0.2) is 11.2 Å². The SMILES string of the molecule is OC1C=C(c2cccc3ccsc23)CC1. The maximum absolute atomic E-state index is 9.51. The van der Waals surface area contributed by atoms with Crippen LogP contribution in [0.15, 0.2) is 35.7 Å². The summed E-state index contributed by atoms with van der Waals surface area (Å²) in [5, 5.41) is 12.9. The third-order valence-corrected chi connectivity index (χ3v) is 3.89. The van der Waals surface area contributed by atoms with Crippen molar-refractivity contribution >= 4 is 27.0 Å². The monoisotopic (exact) mass is 216 g/mol. The Morgan fingerprint density at radius 3 is 3.00 bits per heavy atom. The van der Waals surface area contributed by atoms with Gasteiger partial charge in [0, 0.05) is 4.70 Å². The van der Waals surface area contributed by atoms with Crippen molar-refractivity contribution < 1.29 is 5.11 Å². The van der Waals surface area contributed by atoms with E-state index in [9.17, 15) is 5.11 Å². The van der Waals surface area contributed by atoms with Gasteiger partial charge in [0.05, 0.1) is 6.10 Å². The van der Waals surface area contributed by atoms with E-state index in [0.717, 1.165) is 12.8 Å². The Morgan fingerprint density at radius 2 is 2.20 bits per heavy atom. The van der Waals surface area contributed by atoms with Gasteiger partial charge in [0.2, 0.25) is 0 Å². The lowest BCUT2D eigenvalue weighted by Crippen LogP contribution is -1.93. The first-order chi connectivity index (χ1) is 7.34. The number of benzene rings is 1. The van der Waals surface area contributed by atoms with Crippen LogP contribution < -0.4 is 0 Å². The molecule has 76 valence electrons. The second-order valence-corrected chi connectivity index (χ2v) is 4.86. The number of hydrogen-bond donors (Lipinski definition) is 1. The highest BCUT2D eigenvalue weighted by atomic mass is 32.1. The van der Waals surface area contributed by atoms with E-state index in [-0.39, 0.29) is 6.10 Å². The second kappa shape index (κ2) is 3.47. The molecule has 0 fully saturated rings. The number of thiophene rings is 1. The number of aliphatic hydroxyl groups excluding tert-OH is 1. The predicted molar refractivity (Wildman–Crippen MR) is 65.0 cm³/mol. The van der Waals surface area contributed by atoms with Gasteiger partial charge in [-0.05, 0) is 40.8 Å². The molecule has 0 bridgehead atoms. The van der Waals surface area contributed by atoms with Crippen LogP contribution in [0.2, 0.25) is 0 Å². The summed E-state index contributed by atoms with van der Waals surface area (Å²) < 4.78 is 1.35. The Hall–Kier alpha value is -1.12. The lowest BCUT2D eigenvalue weighted by Gasteiger charge is -2.03. The molecule has 1 aliphatic rings. The van der Waals surface area contributed by atoms with E-state index in [4.69, 9.17) is 0 Å². The molecule has 1 atom stereocenters. The van der Waals surface area contributed by atoms with E-state index in [0.29, 0.717) is 0 Å². The first-order valence-electron chi connectivity index (χ1n) is 5.20. The van der Waals surface area contributed by atoms with E-state index in [2.05, 4.69) is 29.6 Å². The molecule has 1 nitrogen and oxygen atoms in total. The average molecular weight is 216 g/mol. The zero-order valence-corrected chi connectivity index (χ0v) is 9.13. The molecular weight excluding hydrogens is 204 g/mol. The fraction of sp³-hybridized carbons (Fsp3) is 0.231. The molecule has 15 heavy (non-hydrogen) atoms. The van der Waals surface area contributed by atoms with Crippen molar-refractivity contribution in [1.29, 1.82) is 0 Å². The van der Waals surface area contributed by atoms with E-state index in [1.54, 1.807) is 11.3 Å². The maximum atomic E-state index is 9.51. The van der Waals surface area contributed by atoms with Crippen molar-refractivity contribution in [3.8, 4) is 0 Å². The van der Waals surface area contributed by atoms with Gasteiger partial charge in [-0.25, -0.2) is 0 Å². The van der Waals surface area contributed by atoms with Crippen LogP contribution in [0.25, 0.3) is 15.7 Å². The van der Waals surface area contributed by atoms with Crippen LogP contribution in [0, 0.1) is 0 Å². The Kier molecular flexibility index (Phi) is 2.11. The molecule has 0 aliphatic heterocycles. The summed E-state index contributed by atoms with van der Waals surface area (Å²) in [5.41, 5.74) is 2.61. The first kappa shape index (κ1) is 9.13. The van der Waals surface area contributed by atoms with Crippen molar-refractivity contribution in [1.82, 2.24) is 0 Å². The molecule has 1 N–H and O–H groups in total. The number of aliphatic hydroxyl groups is 1. The number of rotatable bonds is 1. The zero-order chi connectivity index (χ0) is 10.3. The van der Waals surface area contributed by atoms with Crippen LogP contribution in [0.5, 0.6) is 0 Å². The Morgan fingerprint density at radius 1 is 1.27 bits per heavy atom. The molecule has 2 heteroatoms. The molecule has 3 rings (SSSR count). The molecule has 0 saturated heterocycles. The van der Waals surface area contributed by atoms with Crippen molar-refractivity contribution in [3.63, 3.8) is 0 Å². The molecule has 1 aromatic carbocycles. The fourth-order valence-corrected chi connectivity index (χ4v) is 3.12. The summed E-state index contributed by atoms with van der Waals surface area (Å²) in [6.07, 6.45) is 3.62. The average Bonchev–Trinajstić information content (AvgIpc) is 2.84. The van der Waals surface area contributed by atoms with E-state index >= 15 is 0 Å². The van der Waals surface area contributed by atoms with Gasteiger partial charge < -0.3 is 5.11 Å². The Balaban J connectivity index is 2.18. The molecule has 0 radical (unpaired) electrons. The number of fused-ring (bicyclic) bond motifs is 1. The van der Waals surface area contributed by atoms with Crippen LogP contribution in [-0.2, 0) is 0 Å². The van der Waals surface area contributed by atoms with Gasteiger partial charge in [0.25, 0.3) is 0 Å². The molecule has 0 saturated carbocycles. The van der Waals surface area contributed by atoms with Gasteiger partial charge in [-0.3, -0.25) is 0 Å². The van der Waals surface area contributed by atoms with Crippen LogP contribution in [0.4, 0.5) is 0 Å². The standard InChI is InChI=1S/C13H12OS/c14-11-5-4-10(8-11)12-3-1-2-9-6-7-15-13(9)12/h1-3,6-8,11,14H,4-5H2. The molecule has 2 aromatic rings. The van der Waals surface area contributed by atoms with Gasteiger partial charge in [-0.2, -0.15) is 0 Å². The van der Waals surface area contributed by atoms with Crippen LogP contribution >= 0.6 is 11.3 Å². The molecule has 1 aliphatic carbocycles. The summed E-state index contributed by atoms with van der Waals surface area (Å²) >= 11 is 1.78. The van der Waals surface area contributed by atoms with Crippen molar-refractivity contribution in [3.05, 3.63) is 41.3 Å². The van der Waals surface area contributed by atoms with Crippen LogP contribution in [0.1, 0.15) is 18.4 Å². The summed E-state index contributed by atoms with van der Waals surface area (Å²) in [6, 6.07) is 8.54. The normalized spacial score (nSPS) is 20.9. The van der Waals surface area contributed by atoms with Gasteiger partial charge in [0.1, 0.15) is 0 Å². The van der Waals surface area contributed by atoms with Crippen LogP contribution in [0.3, 0.4) is 0 Å². The Labute approximate surface area is 92.7 Å². The minimum absolute atomic E-state index is 0.241. The number of allylic oxidation sites excluding steroid dienone is 1. The predicted octanol–water partition coefficient (Wildman–Crippen LogP) is 3.44. The summed E-state index contributed by atoms with van der Waals surface area (Å²) in [5.74, 6) is 0. The Bertz CT molecular complexity index is 524. The van der Waals surface area contributed by atoms with Crippen molar-refractivity contribution in [2.75, 3.05) is 0 Å². The van der Waals surface area contributed by atoms with Gasteiger partial charge in [0.15, 0.2) is 0 Å². The molecule has 1 aromatic heterocycles. The zero-order valence-electron chi connectivity index (χ0n) is 8.31. The van der Waals surface area contributed by atoms with Gasteiger partial charge in [-0.15, -0.1) is 11.3 Å². The molecule has 1 heterocycles. The van der Waals surface area contributed by atoms with Crippen molar-refractivity contribution in [2.24, 2.45) is 0 Å². The summed E-state index contributed by atoms with van der Waals surface area (Å²) in [6.45, 7) is 0. The maximum Gasteiger partial charge on any atom is 0.0730 e. The molecule has 1 unspecified atom stereocenters. The largest absolute Gasteiger partial charge is 0.389 e. The topological polar surface area (TPSA) is 20.2 Å². The summed E-state index contributed by atoms with van der Waals surface area (Å²) in [7, 11) is 0. The summed E-state index contributed by atoms with van der Waals surface area (Å²) in [4.78, 5) is 0. The second-order valence-electron chi connectivity index (χ2n) is 3.94. The fourth-order valence-electron chi connectivity index (χ4n) is 2.17. The smallest absolute Gasteiger partial charge is 0.0730 e. The molecular formula is C13H12OS. The van der Waals surface area contributed by atoms with E-state index < -0.39 is 0 Å². The minimum atomic E-state index is -0.241.